The van der Waals surface area contributed by atoms with Crippen molar-refractivity contribution in [1.29, 1.82) is 0 Å². The van der Waals surface area contributed by atoms with Crippen LogP contribution < -0.4 is 11.5 Å². The van der Waals surface area contributed by atoms with Crippen LogP contribution in [-0.2, 0) is 19.2 Å². The SMILES string of the molecule is CC(=O)CC(=O)O.NC(=O)/C=C/C(N)=O. The van der Waals surface area contributed by atoms with E-state index in [1.807, 2.05) is 0 Å². The van der Waals surface area contributed by atoms with Crippen LogP contribution >= 0.6 is 0 Å². The Morgan fingerprint density at radius 1 is 1.07 bits per heavy atom. The van der Waals surface area contributed by atoms with Crippen molar-refractivity contribution in [2.45, 2.75) is 13.3 Å². The van der Waals surface area contributed by atoms with E-state index in [1.165, 1.54) is 6.92 Å². The van der Waals surface area contributed by atoms with Crippen molar-refractivity contribution in [2.24, 2.45) is 11.5 Å². The number of carbonyl (C=O) groups excluding carboxylic acids is 3. The molecule has 0 atom stereocenters. The number of carboxylic acid groups (broad SMARTS) is 1. The van der Waals surface area contributed by atoms with Crippen LogP contribution in [0.4, 0.5) is 0 Å². The molecule has 0 fully saturated rings. The second-order valence-corrected chi connectivity index (χ2v) is 2.41. The Hall–Kier alpha value is -2.18. The summed E-state index contributed by atoms with van der Waals surface area (Å²) in [6.07, 6.45) is 1.45. The first-order valence-electron chi connectivity index (χ1n) is 3.74. The molecule has 0 aromatic heterocycles. The molecule has 7 nitrogen and oxygen atoms in total. The van der Waals surface area contributed by atoms with Crippen LogP contribution in [0.5, 0.6) is 0 Å². The summed E-state index contributed by atoms with van der Waals surface area (Å²) in [7, 11) is 0. The molecule has 0 bridgehead atoms. The molecule has 0 aromatic carbocycles. The molecule has 15 heavy (non-hydrogen) atoms. The number of primary amides is 2. The number of carbonyl (C=O) groups is 4. The first-order chi connectivity index (χ1) is 6.75. The third-order valence-corrected chi connectivity index (χ3v) is 0.812. The van der Waals surface area contributed by atoms with Gasteiger partial charge in [0, 0.05) is 12.2 Å². The Morgan fingerprint density at radius 3 is 1.47 bits per heavy atom. The Kier molecular flexibility index (Phi) is 8.59. The maximum absolute atomic E-state index is 9.87. The summed E-state index contributed by atoms with van der Waals surface area (Å²) in [5, 5.41) is 7.86. The van der Waals surface area contributed by atoms with E-state index in [4.69, 9.17) is 5.11 Å². The largest absolute Gasteiger partial charge is 0.481 e. The predicted octanol–water partition coefficient (Wildman–Crippen LogP) is -1.44. The molecule has 0 aliphatic heterocycles. The second-order valence-electron chi connectivity index (χ2n) is 2.41. The van der Waals surface area contributed by atoms with Gasteiger partial charge in [-0.25, -0.2) is 0 Å². The quantitative estimate of drug-likeness (QED) is 0.390. The van der Waals surface area contributed by atoms with E-state index < -0.39 is 17.8 Å². The van der Waals surface area contributed by atoms with Crippen LogP contribution in [0.2, 0.25) is 0 Å². The Morgan fingerprint density at radius 2 is 1.40 bits per heavy atom. The first-order valence-corrected chi connectivity index (χ1v) is 3.74. The molecule has 0 unspecified atom stereocenters. The topological polar surface area (TPSA) is 141 Å². The lowest BCUT2D eigenvalue weighted by molar-refractivity contribution is -0.139. The normalized spacial score (nSPS) is 8.87. The monoisotopic (exact) mass is 216 g/mol. The lowest BCUT2D eigenvalue weighted by Crippen LogP contribution is -2.10. The van der Waals surface area contributed by atoms with Crippen LogP contribution in [0.3, 0.4) is 0 Å². The highest BCUT2D eigenvalue weighted by Gasteiger charge is 1.98. The Labute approximate surface area is 85.7 Å². The summed E-state index contributed by atoms with van der Waals surface area (Å²) in [6, 6.07) is 0. The van der Waals surface area contributed by atoms with Gasteiger partial charge >= 0.3 is 5.97 Å². The molecule has 0 aliphatic carbocycles. The van der Waals surface area contributed by atoms with Crippen LogP contribution in [0, 0.1) is 0 Å². The highest BCUT2D eigenvalue weighted by Crippen LogP contribution is 1.77. The van der Waals surface area contributed by atoms with Gasteiger partial charge in [0.1, 0.15) is 12.2 Å². The summed E-state index contributed by atoms with van der Waals surface area (Å²) in [4.78, 5) is 39.1. The van der Waals surface area contributed by atoms with Gasteiger partial charge in [0.2, 0.25) is 11.8 Å². The molecule has 0 radical (unpaired) electrons. The number of Topliss-reactive ketones (excluding diaryl/α,β-unsaturated/α-hetero) is 1. The molecule has 0 saturated carbocycles. The van der Waals surface area contributed by atoms with Crippen molar-refractivity contribution < 1.29 is 24.3 Å². The van der Waals surface area contributed by atoms with Gasteiger partial charge in [-0.1, -0.05) is 0 Å². The van der Waals surface area contributed by atoms with Crippen LogP contribution in [0.25, 0.3) is 0 Å². The minimum Gasteiger partial charge on any atom is -0.481 e. The number of rotatable bonds is 4. The summed E-state index contributed by atoms with van der Waals surface area (Å²) in [5.41, 5.74) is 9.21. The third kappa shape index (κ3) is 24.5. The molecule has 0 rings (SSSR count). The van der Waals surface area contributed by atoms with Gasteiger partial charge < -0.3 is 16.6 Å². The van der Waals surface area contributed by atoms with Crippen LogP contribution in [0.15, 0.2) is 12.2 Å². The molecule has 0 saturated heterocycles. The van der Waals surface area contributed by atoms with E-state index in [0.29, 0.717) is 0 Å². The second kappa shape index (κ2) is 8.42. The van der Waals surface area contributed by atoms with Crippen LogP contribution in [-0.4, -0.2) is 28.7 Å². The van der Waals surface area contributed by atoms with Crippen molar-refractivity contribution >= 4 is 23.6 Å². The molecule has 2 amide bonds. The van der Waals surface area contributed by atoms with Crippen LogP contribution in [0.1, 0.15) is 13.3 Å². The summed E-state index contributed by atoms with van der Waals surface area (Å²) < 4.78 is 0. The fourth-order valence-corrected chi connectivity index (χ4v) is 0.377. The molecule has 5 N–H and O–H groups in total. The van der Waals surface area contributed by atoms with Crippen molar-refractivity contribution in [3.63, 3.8) is 0 Å². The molecular weight excluding hydrogens is 204 g/mol. The lowest BCUT2D eigenvalue weighted by atomic mass is 10.3. The van der Waals surface area contributed by atoms with Gasteiger partial charge in [-0.15, -0.1) is 0 Å². The molecule has 0 aliphatic rings. The molecule has 84 valence electrons. The van der Waals surface area contributed by atoms with Gasteiger partial charge in [-0.05, 0) is 6.92 Å². The molecule has 0 aromatic rings. The number of carboxylic acids is 1. The average Bonchev–Trinajstić information content (AvgIpc) is 1.99. The van der Waals surface area contributed by atoms with E-state index in [2.05, 4.69) is 11.5 Å². The highest BCUT2D eigenvalue weighted by molar-refractivity contribution is 5.95. The van der Waals surface area contributed by atoms with Crippen molar-refractivity contribution in [2.75, 3.05) is 0 Å². The van der Waals surface area contributed by atoms with Crippen molar-refractivity contribution in [1.82, 2.24) is 0 Å². The smallest absolute Gasteiger partial charge is 0.310 e. The minimum atomic E-state index is -1.06. The first kappa shape index (κ1) is 15.3. The van der Waals surface area contributed by atoms with E-state index in [0.717, 1.165) is 12.2 Å². The van der Waals surface area contributed by atoms with Gasteiger partial charge in [0.05, 0.1) is 0 Å². The zero-order chi connectivity index (χ0) is 12.4. The van der Waals surface area contributed by atoms with E-state index in [9.17, 15) is 19.2 Å². The number of ketones is 1. The maximum atomic E-state index is 9.87. The van der Waals surface area contributed by atoms with Gasteiger partial charge in [-0.3, -0.25) is 19.2 Å². The fraction of sp³-hybridized carbons (Fsp3) is 0.250. The third-order valence-electron chi connectivity index (χ3n) is 0.812. The van der Waals surface area contributed by atoms with Gasteiger partial charge in [0.25, 0.3) is 0 Å². The summed E-state index contributed by atoms with van der Waals surface area (Å²) in [5.74, 6) is -2.73. The standard InChI is InChI=1S/C4H6N2O2.C4H6O3/c5-3(7)1-2-4(6)8;1-3(5)2-4(6)7/h1-2H,(H2,5,7)(H2,6,8);2H2,1H3,(H,6,7)/b2-1+;. The Bertz CT molecular complexity index is 267. The number of aliphatic carboxylic acids is 1. The average molecular weight is 216 g/mol. The number of amides is 2. The predicted molar refractivity (Wildman–Crippen MR) is 50.5 cm³/mol. The number of hydrogen-bond donors (Lipinski definition) is 3. The number of hydrogen-bond acceptors (Lipinski definition) is 4. The fourth-order valence-electron chi connectivity index (χ4n) is 0.377. The van der Waals surface area contributed by atoms with Crippen molar-refractivity contribution in [3.05, 3.63) is 12.2 Å². The Balaban J connectivity index is 0. The number of nitrogens with two attached hydrogens (primary N) is 2. The van der Waals surface area contributed by atoms with Gasteiger partial charge in [0.15, 0.2) is 0 Å². The lowest BCUT2D eigenvalue weighted by Gasteiger charge is -1.80. The molecule has 0 spiro atoms. The minimum absolute atomic E-state index is 0.312. The zero-order valence-corrected chi connectivity index (χ0v) is 8.10. The van der Waals surface area contributed by atoms with E-state index in [1.54, 1.807) is 0 Å². The van der Waals surface area contributed by atoms with E-state index in [-0.39, 0.29) is 12.2 Å². The molecule has 0 heterocycles. The van der Waals surface area contributed by atoms with E-state index >= 15 is 0 Å². The molecular formula is C8H12N2O5. The van der Waals surface area contributed by atoms with Crippen molar-refractivity contribution in [3.8, 4) is 0 Å². The van der Waals surface area contributed by atoms with Gasteiger partial charge in [-0.2, -0.15) is 0 Å². The summed E-state index contributed by atoms with van der Waals surface area (Å²) in [6.45, 7) is 1.24. The maximum Gasteiger partial charge on any atom is 0.310 e. The molecule has 7 heteroatoms. The zero-order valence-electron chi connectivity index (χ0n) is 8.10. The summed E-state index contributed by atoms with van der Waals surface area (Å²) >= 11 is 0. The highest BCUT2D eigenvalue weighted by atomic mass is 16.4.